The first-order valence-corrected chi connectivity index (χ1v) is 9.99. The van der Waals surface area contributed by atoms with Crippen LogP contribution in [0.1, 0.15) is 30.7 Å². The van der Waals surface area contributed by atoms with E-state index < -0.39 is 11.9 Å². The van der Waals surface area contributed by atoms with Gasteiger partial charge in [-0.1, -0.05) is 17.7 Å². The predicted octanol–water partition coefficient (Wildman–Crippen LogP) is 4.69. The van der Waals surface area contributed by atoms with Gasteiger partial charge in [-0.25, -0.2) is 4.39 Å². The van der Waals surface area contributed by atoms with Crippen LogP contribution in [0.5, 0.6) is 11.5 Å². The number of benzene rings is 2. The average Bonchev–Trinajstić information content (AvgIpc) is 2.71. The number of methoxy groups -OCH3 is 2. The van der Waals surface area contributed by atoms with Crippen molar-refractivity contribution in [1.29, 1.82) is 0 Å². The molecule has 1 fully saturated rings. The number of anilines is 1. The maximum Gasteiger partial charge on any atom is 0.171 e. The number of rotatable bonds is 5. The van der Waals surface area contributed by atoms with E-state index in [2.05, 4.69) is 10.6 Å². The number of carbonyl (C=O) groups excluding carboxylic acids is 1. The van der Waals surface area contributed by atoms with E-state index in [0.29, 0.717) is 28.0 Å². The summed E-state index contributed by atoms with van der Waals surface area (Å²) in [5, 5.41) is 6.87. The van der Waals surface area contributed by atoms with E-state index in [1.165, 1.54) is 19.2 Å². The summed E-state index contributed by atoms with van der Waals surface area (Å²) in [6.45, 7) is 0. The molecule has 0 spiro atoms. The van der Waals surface area contributed by atoms with E-state index >= 15 is 0 Å². The second-order valence-corrected chi connectivity index (χ2v) is 7.60. The Morgan fingerprint density at radius 1 is 1.14 bits per heavy atom. The molecule has 5 nitrogen and oxygen atoms in total. The molecule has 2 aromatic rings. The van der Waals surface area contributed by atoms with Crippen molar-refractivity contribution in [3.8, 4) is 11.5 Å². The van der Waals surface area contributed by atoms with Gasteiger partial charge < -0.3 is 20.1 Å². The van der Waals surface area contributed by atoms with Gasteiger partial charge in [0, 0.05) is 17.7 Å². The first-order valence-electron chi connectivity index (χ1n) is 9.21. The third-order valence-corrected chi connectivity index (χ3v) is 5.50. The first-order chi connectivity index (χ1) is 13.9. The second-order valence-electron chi connectivity index (χ2n) is 6.78. The summed E-state index contributed by atoms with van der Waals surface area (Å²) in [6.07, 6.45) is 2.33. The Balaban J connectivity index is 1.68. The van der Waals surface area contributed by atoms with E-state index in [-0.39, 0.29) is 17.5 Å². The third kappa shape index (κ3) is 4.97. The molecule has 0 saturated heterocycles. The van der Waals surface area contributed by atoms with Crippen LogP contribution >= 0.6 is 23.8 Å². The van der Waals surface area contributed by atoms with Gasteiger partial charge in [0.05, 0.1) is 25.3 Å². The van der Waals surface area contributed by atoms with Crippen molar-refractivity contribution in [2.45, 2.75) is 31.2 Å². The molecule has 8 heteroatoms. The van der Waals surface area contributed by atoms with Crippen LogP contribution in [-0.2, 0) is 4.79 Å². The van der Waals surface area contributed by atoms with Gasteiger partial charge in [-0.2, -0.15) is 0 Å². The highest BCUT2D eigenvalue weighted by Gasteiger charge is 2.33. The monoisotopic (exact) mass is 436 g/mol. The lowest BCUT2D eigenvalue weighted by atomic mass is 9.80. The Labute approximate surface area is 179 Å². The lowest BCUT2D eigenvalue weighted by Crippen LogP contribution is -2.46. The molecule has 0 amide bonds. The highest BCUT2D eigenvalue weighted by Crippen LogP contribution is 2.34. The average molecular weight is 437 g/mol. The summed E-state index contributed by atoms with van der Waals surface area (Å²) in [7, 11) is 2.94. The maximum atomic E-state index is 13.6. The minimum Gasteiger partial charge on any atom is -0.495 e. The lowest BCUT2D eigenvalue weighted by Gasteiger charge is -2.29. The Morgan fingerprint density at radius 3 is 2.62 bits per heavy atom. The van der Waals surface area contributed by atoms with E-state index in [1.54, 1.807) is 19.2 Å². The fourth-order valence-corrected chi connectivity index (χ4v) is 3.94. The van der Waals surface area contributed by atoms with Crippen molar-refractivity contribution >= 4 is 40.4 Å². The van der Waals surface area contributed by atoms with Gasteiger partial charge in [0.25, 0.3) is 0 Å². The fraction of sp³-hybridized carbons (Fsp3) is 0.333. The summed E-state index contributed by atoms with van der Waals surface area (Å²) in [5.41, 5.74) is 1.45. The molecular formula is C21H22ClFN2O3S. The summed E-state index contributed by atoms with van der Waals surface area (Å²) < 4.78 is 23.8. The smallest absolute Gasteiger partial charge is 0.171 e. The first kappa shape index (κ1) is 21.3. The van der Waals surface area contributed by atoms with Gasteiger partial charge in [0.2, 0.25) is 0 Å². The minimum absolute atomic E-state index is 0.0708. The van der Waals surface area contributed by atoms with Gasteiger partial charge >= 0.3 is 0 Å². The van der Waals surface area contributed by atoms with Crippen LogP contribution in [0.3, 0.4) is 0 Å². The molecule has 29 heavy (non-hydrogen) atoms. The van der Waals surface area contributed by atoms with Gasteiger partial charge in [0.15, 0.2) is 22.5 Å². The Kier molecular flexibility index (Phi) is 6.92. The largest absolute Gasteiger partial charge is 0.495 e. The van der Waals surface area contributed by atoms with Crippen LogP contribution in [0.2, 0.25) is 5.02 Å². The zero-order chi connectivity index (χ0) is 21.0. The molecule has 1 saturated carbocycles. The fourth-order valence-electron chi connectivity index (χ4n) is 3.48. The number of carbonyl (C=O) groups is 1. The Hall–Kier alpha value is -2.38. The van der Waals surface area contributed by atoms with Crippen molar-refractivity contribution < 1.29 is 18.7 Å². The predicted molar refractivity (Wildman–Crippen MR) is 116 cm³/mol. The summed E-state index contributed by atoms with van der Waals surface area (Å²) in [6, 6.07) is 9.36. The Morgan fingerprint density at radius 2 is 1.90 bits per heavy atom. The van der Waals surface area contributed by atoms with Crippen LogP contribution in [-0.4, -0.2) is 31.2 Å². The van der Waals surface area contributed by atoms with E-state index in [4.69, 9.17) is 33.3 Å². The normalized spacial score (nSPS) is 18.8. The van der Waals surface area contributed by atoms with Crippen molar-refractivity contribution in [1.82, 2.24) is 5.32 Å². The van der Waals surface area contributed by atoms with Crippen LogP contribution in [0, 0.1) is 5.82 Å². The number of thiocarbonyl (C=S) groups is 1. The van der Waals surface area contributed by atoms with Crippen LogP contribution in [0.4, 0.5) is 10.1 Å². The molecule has 2 N–H and O–H groups in total. The summed E-state index contributed by atoms with van der Waals surface area (Å²) in [4.78, 5) is 13.1. The van der Waals surface area contributed by atoms with Crippen LogP contribution < -0.4 is 20.1 Å². The molecule has 3 rings (SSSR count). The standard InChI is InChI=1S/C21H22ClFN2O3S/c1-27-18-10-12(6-8-15(18)22)14-4-3-5-17(20(14)26)25-21(29)24-13-7-9-16(23)19(11-13)28-2/h6-11,14,17H,3-5H2,1-2H3,(H2,24,25,29). The quantitative estimate of drug-likeness (QED) is 0.663. The minimum atomic E-state index is -0.458. The highest BCUT2D eigenvalue weighted by molar-refractivity contribution is 7.80. The molecule has 0 radical (unpaired) electrons. The van der Waals surface area contributed by atoms with Crippen LogP contribution in [0.25, 0.3) is 0 Å². The zero-order valence-electron chi connectivity index (χ0n) is 16.1. The van der Waals surface area contributed by atoms with Crippen molar-refractivity contribution in [2.24, 2.45) is 0 Å². The molecule has 0 heterocycles. The number of ketones is 1. The maximum absolute atomic E-state index is 13.6. The van der Waals surface area contributed by atoms with Crippen LogP contribution in [0.15, 0.2) is 36.4 Å². The molecule has 1 aliphatic rings. The van der Waals surface area contributed by atoms with Crippen molar-refractivity contribution in [2.75, 3.05) is 19.5 Å². The van der Waals surface area contributed by atoms with E-state index in [0.717, 1.165) is 18.4 Å². The summed E-state index contributed by atoms with van der Waals surface area (Å²) >= 11 is 11.4. The molecule has 0 aromatic heterocycles. The molecule has 1 aliphatic carbocycles. The van der Waals surface area contributed by atoms with Crippen molar-refractivity contribution in [3.05, 3.63) is 52.8 Å². The number of halogens is 2. The molecule has 154 valence electrons. The van der Waals surface area contributed by atoms with Gasteiger partial charge in [0.1, 0.15) is 5.75 Å². The summed E-state index contributed by atoms with van der Waals surface area (Å²) in [5.74, 6) is 0.0287. The van der Waals surface area contributed by atoms with E-state index in [9.17, 15) is 9.18 Å². The van der Waals surface area contributed by atoms with E-state index in [1.807, 2.05) is 12.1 Å². The number of hydrogen-bond donors (Lipinski definition) is 2. The van der Waals surface area contributed by atoms with Gasteiger partial charge in [-0.05, 0) is 61.3 Å². The SMILES string of the molecule is COc1cc(NC(=S)NC2CCCC(c3ccc(Cl)c(OC)c3)C2=O)ccc1F. The highest BCUT2D eigenvalue weighted by atomic mass is 35.5. The molecule has 2 aromatic carbocycles. The van der Waals surface area contributed by atoms with Crippen molar-refractivity contribution in [3.63, 3.8) is 0 Å². The van der Waals surface area contributed by atoms with Gasteiger partial charge in [-0.15, -0.1) is 0 Å². The molecule has 2 atom stereocenters. The number of hydrogen-bond acceptors (Lipinski definition) is 4. The molecule has 0 bridgehead atoms. The number of ether oxygens (including phenoxy) is 2. The molecular weight excluding hydrogens is 415 g/mol. The zero-order valence-corrected chi connectivity index (χ0v) is 17.7. The Bertz CT molecular complexity index is 925. The lowest BCUT2D eigenvalue weighted by molar-refractivity contribution is -0.123. The number of nitrogens with one attached hydrogen (secondary N) is 2. The second kappa shape index (κ2) is 9.41. The molecule has 2 unspecified atom stereocenters. The van der Waals surface area contributed by atoms with Gasteiger partial charge in [-0.3, -0.25) is 4.79 Å². The number of Topliss-reactive ketones (excluding diaryl/α,β-unsaturated/α-hetero) is 1. The topological polar surface area (TPSA) is 59.6 Å². The molecule has 0 aliphatic heterocycles. The third-order valence-electron chi connectivity index (χ3n) is 4.96.